The van der Waals surface area contributed by atoms with Gasteiger partial charge in [0, 0.05) is 18.1 Å². The lowest BCUT2D eigenvalue weighted by molar-refractivity contribution is 0.228. The Kier molecular flexibility index (Phi) is 4.87. The molecule has 2 rings (SSSR count). The Morgan fingerprint density at radius 2 is 1.76 bits per heavy atom. The highest BCUT2D eigenvalue weighted by atomic mass is 15.0. The molecule has 0 spiro atoms. The van der Waals surface area contributed by atoms with Crippen molar-refractivity contribution < 1.29 is 0 Å². The number of piperidine rings is 2. The van der Waals surface area contributed by atoms with Crippen LogP contribution in [-0.2, 0) is 0 Å². The molecule has 0 saturated carbocycles. The minimum atomic E-state index is 0.732. The van der Waals surface area contributed by atoms with Gasteiger partial charge in [0.1, 0.15) is 0 Å². The van der Waals surface area contributed by atoms with Crippen LogP contribution in [-0.4, -0.2) is 24.7 Å². The highest BCUT2D eigenvalue weighted by Gasteiger charge is 2.24. The summed E-state index contributed by atoms with van der Waals surface area (Å²) >= 11 is 0. The molecule has 2 fully saturated rings. The second kappa shape index (κ2) is 6.19. The maximum atomic E-state index is 3.78. The zero-order chi connectivity index (χ0) is 12.3. The Morgan fingerprint density at radius 1 is 0.941 bits per heavy atom. The largest absolute Gasteiger partial charge is 0.314 e. The van der Waals surface area contributed by atoms with Crippen LogP contribution in [0.25, 0.3) is 0 Å². The number of hydrogen-bond donors (Lipinski definition) is 2. The van der Waals surface area contributed by atoms with Gasteiger partial charge in [-0.15, -0.1) is 0 Å². The summed E-state index contributed by atoms with van der Waals surface area (Å²) in [5.41, 5.74) is 0. The molecule has 5 atom stereocenters. The smallest absolute Gasteiger partial charge is 0.00721 e. The SMILES string of the molecule is CC1CC(C)NC(CC[C@@H]2CCN[C@H](C)C2)C1. The van der Waals surface area contributed by atoms with Crippen LogP contribution in [0.15, 0.2) is 0 Å². The first-order chi connectivity index (χ1) is 8.13. The van der Waals surface area contributed by atoms with E-state index in [-0.39, 0.29) is 0 Å². The molecule has 0 bridgehead atoms. The van der Waals surface area contributed by atoms with Crippen molar-refractivity contribution in [3.8, 4) is 0 Å². The van der Waals surface area contributed by atoms with Gasteiger partial charge < -0.3 is 10.6 Å². The molecule has 3 unspecified atom stereocenters. The van der Waals surface area contributed by atoms with Crippen LogP contribution >= 0.6 is 0 Å². The van der Waals surface area contributed by atoms with Crippen molar-refractivity contribution in [1.29, 1.82) is 0 Å². The molecule has 0 aromatic rings. The van der Waals surface area contributed by atoms with Crippen molar-refractivity contribution in [2.24, 2.45) is 11.8 Å². The lowest BCUT2D eigenvalue weighted by Crippen LogP contribution is -2.44. The van der Waals surface area contributed by atoms with Gasteiger partial charge in [0.05, 0.1) is 0 Å². The van der Waals surface area contributed by atoms with E-state index in [1.54, 1.807) is 0 Å². The average molecular weight is 238 g/mol. The summed E-state index contributed by atoms with van der Waals surface area (Å²) in [5, 5.41) is 7.33. The van der Waals surface area contributed by atoms with Crippen molar-refractivity contribution in [2.75, 3.05) is 6.54 Å². The zero-order valence-electron chi connectivity index (χ0n) is 11.8. The lowest BCUT2D eigenvalue weighted by atomic mass is 9.84. The number of hydrogen-bond acceptors (Lipinski definition) is 2. The van der Waals surface area contributed by atoms with Gasteiger partial charge in [0.2, 0.25) is 0 Å². The summed E-state index contributed by atoms with van der Waals surface area (Å²) in [6.07, 6.45) is 8.36. The summed E-state index contributed by atoms with van der Waals surface area (Å²) in [7, 11) is 0. The lowest BCUT2D eigenvalue weighted by Gasteiger charge is -2.35. The van der Waals surface area contributed by atoms with E-state index in [4.69, 9.17) is 0 Å². The Balaban J connectivity index is 1.70. The second-order valence-electron chi connectivity index (χ2n) is 6.66. The molecule has 100 valence electrons. The second-order valence-corrected chi connectivity index (χ2v) is 6.66. The predicted octanol–water partition coefficient (Wildman–Crippen LogP) is 2.93. The van der Waals surface area contributed by atoms with Crippen molar-refractivity contribution in [2.45, 2.75) is 77.4 Å². The van der Waals surface area contributed by atoms with Crippen molar-refractivity contribution in [3.63, 3.8) is 0 Å². The van der Waals surface area contributed by atoms with Gasteiger partial charge in [-0.25, -0.2) is 0 Å². The van der Waals surface area contributed by atoms with E-state index < -0.39 is 0 Å². The summed E-state index contributed by atoms with van der Waals surface area (Å²) in [6, 6.07) is 2.26. The third-order valence-electron chi connectivity index (χ3n) is 4.62. The third kappa shape index (κ3) is 4.26. The van der Waals surface area contributed by atoms with Crippen molar-refractivity contribution in [3.05, 3.63) is 0 Å². The zero-order valence-corrected chi connectivity index (χ0v) is 11.8. The minimum Gasteiger partial charge on any atom is -0.314 e. The normalized spacial score (nSPS) is 43.6. The van der Waals surface area contributed by atoms with Crippen molar-refractivity contribution in [1.82, 2.24) is 10.6 Å². The van der Waals surface area contributed by atoms with Crippen LogP contribution in [0.4, 0.5) is 0 Å². The molecule has 17 heavy (non-hydrogen) atoms. The van der Waals surface area contributed by atoms with E-state index in [9.17, 15) is 0 Å². The fraction of sp³-hybridized carbons (Fsp3) is 1.00. The van der Waals surface area contributed by atoms with Crippen LogP contribution in [0, 0.1) is 11.8 Å². The Labute approximate surface area is 107 Å². The predicted molar refractivity (Wildman–Crippen MR) is 74.2 cm³/mol. The van der Waals surface area contributed by atoms with Crippen molar-refractivity contribution >= 4 is 0 Å². The molecule has 0 amide bonds. The molecule has 2 nitrogen and oxygen atoms in total. The van der Waals surface area contributed by atoms with E-state index >= 15 is 0 Å². The molecular formula is C15H30N2. The fourth-order valence-electron chi connectivity index (χ4n) is 3.86. The van der Waals surface area contributed by atoms with E-state index in [1.807, 2.05) is 0 Å². The third-order valence-corrected chi connectivity index (χ3v) is 4.62. The maximum Gasteiger partial charge on any atom is 0.00721 e. The molecule has 2 saturated heterocycles. The molecule has 0 radical (unpaired) electrons. The molecule has 2 N–H and O–H groups in total. The summed E-state index contributed by atoms with van der Waals surface area (Å²) in [4.78, 5) is 0. The molecule has 2 aliphatic rings. The highest BCUT2D eigenvalue weighted by Crippen LogP contribution is 2.26. The highest BCUT2D eigenvalue weighted by molar-refractivity contribution is 4.83. The summed E-state index contributed by atoms with van der Waals surface area (Å²) < 4.78 is 0. The summed E-state index contributed by atoms with van der Waals surface area (Å²) in [5.74, 6) is 1.89. The fourth-order valence-corrected chi connectivity index (χ4v) is 3.86. The molecule has 2 heterocycles. The van der Waals surface area contributed by atoms with Gasteiger partial charge in [-0.3, -0.25) is 0 Å². The minimum absolute atomic E-state index is 0.732. The van der Waals surface area contributed by atoms with Gasteiger partial charge in [0.15, 0.2) is 0 Å². The maximum absolute atomic E-state index is 3.78. The Morgan fingerprint density at radius 3 is 2.47 bits per heavy atom. The van der Waals surface area contributed by atoms with Crippen LogP contribution in [0.5, 0.6) is 0 Å². The topological polar surface area (TPSA) is 24.1 Å². The first-order valence-corrected chi connectivity index (χ1v) is 7.63. The monoisotopic (exact) mass is 238 g/mol. The van der Waals surface area contributed by atoms with E-state index in [2.05, 4.69) is 31.4 Å². The van der Waals surface area contributed by atoms with Crippen LogP contribution < -0.4 is 10.6 Å². The van der Waals surface area contributed by atoms with Gasteiger partial charge in [-0.1, -0.05) is 6.92 Å². The van der Waals surface area contributed by atoms with Gasteiger partial charge in [-0.2, -0.15) is 0 Å². The molecule has 0 aliphatic carbocycles. The molecule has 2 aliphatic heterocycles. The van der Waals surface area contributed by atoms with E-state index in [0.29, 0.717) is 0 Å². The number of nitrogens with one attached hydrogen (secondary N) is 2. The first-order valence-electron chi connectivity index (χ1n) is 7.63. The number of rotatable bonds is 3. The van der Waals surface area contributed by atoms with Crippen LogP contribution in [0.2, 0.25) is 0 Å². The Bertz CT molecular complexity index is 219. The molecule has 0 aromatic carbocycles. The van der Waals surface area contributed by atoms with Crippen LogP contribution in [0.3, 0.4) is 0 Å². The standard InChI is InChI=1S/C15H30N2/c1-11-8-13(3)17-15(9-11)5-4-14-6-7-16-12(2)10-14/h11-17H,4-10H2,1-3H3/t11?,12-,13?,14-,15?/m1/s1. The molecule has 0 aromatic heterocycles. The van der Waals surface area contributed by atoms with Gasteiger partial charge in [-0.05, 0) is 70.8 Å². The van der Waals surface area contributed by atoms with Crippen LogP contribution in [0.1, 0.15) is 59.3 Å². The Hall–Kier alpha value is -0.0800. The van der Waals surface area contributed by atoms with Gasteiger partial charge >= 0.3 is 0 Å². The summed E-state index contributed by atoms with van der Waals surface area (Å²) in [6.45, 7) is 8.32. The molecule has 2 heteroatoms. The van der Waals surface area contributed by atoms with E-state index in [1.165, 1.54) is 45.1 Å². The van der Waals surface area contributed by atoms with E-state index in [0.717, 1.165) is 30.0 Å². The quantitative estimate of drug-likeness (QED) is 0.790. The van der Waals surface area contributed by atoms with Gasteiger partial charge in [0.25, 0.3) is 0 Å². The average Bonchev–Trinajstić information content (AvgIpc) is 2.25. The first kappa shape index (κ1) is 13.4. The molecular weight excluding hydrogens is 208 g/mol.